The van der Waals surface area contributed by atoms with Crippen LogP contribution in [0, 0.1) is 0 Å². The van der Waals surface area contributed by atoms with Gasteiger partial charge in [-0.3, -0.25) is 14.2 Å². The summed E-state index contributed by atoms with van der Waals surface area (Å²) in [7, 11) is 3.20. The van der Waals surface area contributed by atoms with Crippen molar-refractivity contribution in [3.05, 3.63) is 104 Å². The number of amides is 1. The number of rotatable bonds is 8. The maximum atomic E-state index is 13.9. The minimum absolute atomic E-state index is 0.0529. The standard InChI is InChI=1S/C31H27BrN4O4S2/c1-39-22-13-9-20(10-14-22)26-17-24(19-7-11-21(32)12-8-19)34-36(26)28(37)18-42-31-33-23-15-16-41-29(23)30(38)35(31)25-5-3-4-6-27(25)40-2/h3-14,26H,15-18H2,1-2H3. The Morgan fingerprint density at radius 2 is 1.81 bits per heavy atom. The summed E-state index contributed by atoms with van der Waals surface area (Å²) in [5.41, 5.74) is 3.98. The van der Waals surface area contributed by atoms with Crippen molar-refractivity contribution >= 4 is 51.1 Å². The van der Waals surface area contributed by atoms with Crippen molar-refractivity contribution in [2.24, 2.45) is 5.10 Å². The number of nitrogens with zero attached hydrogens (tertiary/aromatic N) is 4. The fraction of sp³-hybridized carbons (Fsp3) is 0.226. The second-order valence-electron chi connectivity index (χ2n) is 9.65. The molecule has 0 saturated heterocycles. The number of benzene rings is 3. The first-order chi connectivity index (χ1) is 20.5. The molecule has 0 aliphatic carbocycles. The van der Waals surface area contributed by atoms with Gasteiger partial charge in [-0.05, 0) is 47.5 Å². The van der Waals surface area contributed by atoms with E-state index in [0.29, 0.717) is 27.9 Å². The number of fused-ring (bicyclic) bond motifs is 1. The molecule has 0 fully saturated rings. The van der Waals surface area contributed by atoms with Gasteiger partial charge in [-0.25, -0.2) is 9.99 Å². The van der Waals surface area contributed by atoms with Crippen molar-refractivity contribution in [2.75, 3.05) is 25.7 Å². The van der Waals surface area contributed by atoms with Crippen molar-refractivity contribution in [2.45, 2.75) is 28.9 Å². The third-order valence-corrected chi connectivity index (χ3v) is 9.72. The number of hydrazone groups is 1. The lowest BCUT2D eigenvalue weighted by atomic mass is 9.98. The van der Waals surface area contributed by atoms with Gasteiger partial charge in [0.2, 0.25) is 0 Å². The van der Waals surface area contributed by atoms with Crippen molar-refractivity contribution in [3.8, 4) is 17.2 Å². The highest BCUT2D eigenvalue weighted by Gasteiger charge is 2.34. The predicted octanol–water partition coefficient (Wildman–Crippen LogP) is 6.13. The highest BCUT2D eigenvalue weighted by molar-refractivity contribution is 9.10. The summed E-state index contributed by atoms with van der Waals surface area (Å²) in [5, 5.41) is 6.84. The first kappa shape index (κ1) is 28.6. The maximum absolute atomic E-state index is 13.9. The van der Waals surface area contributed by atoms with E-state index in [9.17, 15) is 9.59 Å². The van der Waals surface area contributed by atoms with Crippen LogP contribution in [0.4, 0.5) is 0 Å². The zero-order valence-corrected chi connectivity index (χ0v) is 26.2. The fourth-order valence-corrected chi connectivity index (χ4v) is 7.21. The Bertz CT molecular complexity index is 1720. The molecule has 11 heteroatoms. The molecule has 0 radical (unpaired) electrons. The van der Waals surface area contributed by atoms with E-state index in [1.807, 2.05) is 72.8 Å². The second-order valence-corrected chi connectivity index (χ2v) is 12.6. The smallest absolute Gasteiger partial charge is 0.272 e. The quantitative estimate of drug-likeness (QED) is 0.166. The van der Waals surface area contributed by atoms with Gasteiger partial charge in [0.1, 0.15) is 11.5 Å². The molecular weight excluding hydrogens is 636 g/mol. The van der Waals surface area contributed by atoms with E-state index in [0.717, 1.165) is 44.9 Å². The Balaban J connectivity index is 1.33. The monoisotopic (exact) mass is 662 g/mol. The number of carbonyl (C=O) groups is 1. The Kier molecular flexibility index (Phi) is 8.41. The van der Waals surface area contributed by atoms with Gasteiger partial charge >= 0.3 is 0 Å². The van der Waals surface area contributed by atoms with E-state index in [1.54, 1.807) is 23.8 Å². The molecule has 0 bridgehead atoms. The molecule has 42 heavy (non-hydrogen) atoms. The summed E-state index contributed by atoms with van der Waals surface area (Å²) >= 11 is 6.25. The van der Waals surface area contributed by atoms with Crippen molar-refractivity contribution < 1.29 is 14.3 Å². The van der Waals surface area contributed by atoms with E-state index in [2.05, 4.69) is 15.9 Å². The SMILES string of the molecule is COc1ccc(C2CC(c3ccc(Br)cc3)=NN2C(=O)CSc2nc3c(c(=O)n2-c2ccccc2OC)SCC3)cc1. The van der Waals surface area contributed by atoms with Gasteiger partial charge in [-0.15, -0.1) is 11.8 Å². The summed E-state index contributed by atoms with van der Waals surface area (Å²) in [4.78, 5) is 33.0. The van der Waals surface area contributed by atoms with Crippen molar-refractivity contribution in [1.82, 2.24) is 14.6 Å². The van der Waals surface area contributed by atoms with Crippen molar-refractivity contribution in [1.29, 1.82) is 0 Å². The largest absolute Gasteiger partial charge is 0.497 e. The number of carbonyl (C=O) groups excluding carboxylic acids is 1. The third-order valence-electron chi connectivity index (χ3n) is 7.16. The molecule has 0 spiro atoms. The Labute approximate surface area is 260 Å². The maximum Gasteiger partial charge on any atom is 0.272 e. The molecule has 2 aliphatic heterocycles. The number of hydrogen-bond donors (Lipinski definition) is 0. The highest BCUT2D eigenvalue weighted by atomic mass is 79.9. The zero-order chi connectivity index (χ0) is 29.2. The lowest BCUT2D eigenvalue weighted by Gasteiger charge is -2.22. The first-order valence-corrected chi connectivity index (χ1v) is 16.1. The second kappa shape index (κ2) is 12.4. The van der Waals surface area contributed by atoms with Crippen LogP contribution in [0.3, 0.4) is 0 Å². The minimum Gasteiger partial charge on any atom is -0.497 e. The van der Waals surface area contributed by atoms with Gasteiger partial charge in [0, 0.05) is 23.1 Å². The Morgan fingerprint density at radius 3 is 2.55 bits per heavy atom. The van der Waals surface area contributed by atoms with E-state index in [-0.39, 0.29) is 23.3 Å². The summed E-state index contributed by atoms with van der Waals surface area (Å²) < 4.78 is 13.4. The highest BCUT2D eigenvalue weighted by Crippen LogP contribution is 2.36. The van der Waals surface area contributed by atoms with E-state index in [1.165, 1.54) is 23.5 Å². The van der Waals surface area contributed by atoms with E-state index in [4.69, 9.17) is 19.6 Å². The topological polar surface area (TPSA) is 86.0 Å². The van der Waals surface area contributed by atoms with E-state index >= 15 is 0 Å². The van der Waals surface area contributed by atoms with E-state index < -0.39 is 0 Å². The van der Waals surface area contributed by atoms with Crippen LogP contribution in [0.5, 0.6) is 11.5 Å². The molecule has 4 aromatic rings. The van der Waals surface area contributed by atoms with Crippen LogP contribution in [0.15, 0.2) is 97.2 Å². The first-order valence-electron chi connectivity index (χ1n) is 13.3. The molecular formula is C31H27BrN4O4S2. The van der Waals surface area contributed by atoms with Crippen LogP contribution in [0.2, 0.25) is 0 Å². The number of hydrogen-bond acceptors (Lipinski definition) is 8. The van der Waals surface area contributed by atoms with Crippen LogP contribution in [-0.4, -0.2) is 51.9 Å². The molecule has 3 aromatic carbocycles. The predicted molar refractivity (Wildman–Crippen MR) is 169 cm³/mol. The van der Waals surface area contributed by atoms with Gasteiger partial charge in [0.05, 0.1) is 48.0 Å². The molecule has 1 aromatic heterocycles. The molecule has 214 valence electrons. The van der Waals surface area contributed by atoms with Gasteiger partial charge < -0.3 is 9.47 Å². The van der Waals surface area contributed by atoms with Crippen LogP contribution in [-0.2, 0) is 11.2 Å². The normalized spacial score (nSPS) is 15.8. The number of halogens is 1. The molecule has 8 nitrogen and oxygen atoms in total. The Morgan fingerprint density at radius 1 is 1.05 bits per heavy atom. The Hall–Kier alpha value is -3.54. The molecule has 1 amide bonds. The summed E-state index contributed by atoms with van der Waals surface area (Å²) in [6.45, 7) is 0. The number of para-hydroxylation sites is 2. The average Bonchev–Trinajstić information content (AvgIpc) is 3.69. The fourth-order valence-electron chi connectivity index (χ4n) is 5.05. The molecule has 0 saturated carbocycles. The summed E-state index contributed by atoms with van der Waals surface area (Å²) in [6.07, 6.45) is 1.29. The number of methoxy groups -OCH3 is 2. The lowest BCUT2D eigenvalue weighted by Crippen LogP contribution is -2.29. The van der Waals surface area contributed by atoms with Crippen LogP contribution in [0.25, 0.3) is 5.69 Å². The molecule has 2 aliphatic rings. The van der Waals surface area contributed by atoms with Gasteiger partial charge in [0.25, 0.3) is 11.5 Å². The molecule has 1 unspecified atom stereocenters. The van der Waals surface area contributed by atoms with Crippen LogP contribution in [0.1, 0.15) is 29.3 Å². The van der Waals surface area contributed by atoms with Gasteiger partial charge in [0.15, 0.2) is 5.16 Å². The zero-order valence-electron chi connectivity index (χ0n) is 23.0. The molecule has 0 N–H and O–H groups in total. The summed E-state index contributed by atoms with van der Waals surface area (Å²) in [6, 6.07) is 22.7. The number of aromatic nitrogens is 2. The number of aryl methyl sites for hydroxylation is 1. The van der Waals surface area contributed by atoms with Crippen LogP contribution < -0.4 is 15.0 Å². The van der Waals surface area contributed by atoms with Gasteiger partial charge in [-0.2, -0.15) is 5.10 Å². The molecule has 1 atom stereocenters. The molecule has 3 heterocycles. The number of thioether (sulfide) groups is 2. The third kappa shape index (κ3) is 5.60. The van der Waals surface area contributed by atoms with Crippen LogP contribution >= 0.6 is 39.5 Å². The summed E-state index contributed by atoms with van der Waals surface area (Å²) in [5.74, 6) is 1.98. The average molecular weight is 664 g/mol. The number of ether oxygens (including phenoxy) is 2. The lowest BCUT2D eigenvalue weighted by molar-refractivity contribution is -0.130. The van der Waals surface area contributed by atoms with Gasteiger partial charge in [-0.1, -0.05) is 64.1 Å². The van der Waals surface area contributed by atoms with Crippen molar-refractivity contribution in [3.63, 3.8) is 0 Å². The molecule has 6 rings (SSSR count). The minimum atomic E-state index is -0.275.